The van der Waals surface area contributed by atoms with E-state index in [4.69, 9.17) is 5.11 Å². The number of hydrogen-bond acceptors (Lipinski definition) is 4. The first kappa shape index (κ1) is 14.4. The molecule has 92 valence electrons. The largest absolute Gasteiger partial charge is 0.481 e. The molecule has 7 nitrogen and oxygen atoms in total. The van der Waals surface area contributed by atoms with Crippen LogP contribution in [-0.2, 0) is 19.1 Å². The van der Waals surface area contributed by atoms with E-state index >= 15 is 0 Å². The molecule has 0 aliphatic rings. The van der Waals surface area contributed by atoms with Crippen molar-refractivity contribution in [2.24, 2.45) is 0 Å². The van der Waals surface area contributed by atoms with Crippen LogP contribution in [0.4, 0.5) is 0 Å². The number of aliphatic carboxylic acids is 1. The summed E-state index contributed by atoms with van der Waals surface area (Å²) in [4.78, 5) is 32.0. The Morgan fingerprint density at radius 3 is 2.12 bits per heavy atom. The highest BCUT2D eigenvalue weighted by atomic mass is 16.5. The van der Waals surface area contributed by atoms with Gasteiger partial charge in [0.2, 0.25) is 11.8 Å². The highest BCUT2D eigenvalue weighted by Crippen LogP contribution is 1.87. The maximum absolute atomic E-state index is 11.0. The summed E-state index contributed by atoms with van der Waals surface area (Å²) in [6, 6.07) is 0. The van der Waals surface area contributed by atoms with E-state index < -0.39 is 5.97 Å². The molecule has 0 unspecified atom stereocenters. The lowest BCUT2D eigenvalue weighted by atomic mass is 10.3. The molecule has 0 aliphatic carbocycles. The fourth-order valence-corrected chi connectivity index (χ4v) is 0.895. The van der Waals surface area contributed by atoms with Gasteiger partial charge in [0.25, 0.3) is 0 Å². The Kier molecular flexibility index (Phi) is 7.78. The average molecular weight is 232 g/mol. The fourth-order valence-electron chi connectivity index (χ4n) is 0.895. The number of hydrogen-bond donors (Lipinski definition) is 3. The molecule has 7 heteroatoms. The number of carbonyl (C=O) groups excluding carboxylic acids is 2. The second kappa shape index (κ2) is 8.66. The molecule has 0 aliphatic heterocycles. The quantitative estimate of drug-likeness (QED) is 0.452. The molecule has 0 aromatic carbocycles. The molecule has 16 heavy (non-hydrogen) atoms. The molecule has 0 radical (unpaired) electrons. The lowest BCUT2D eigenvalue weighted by Gasteiger charge is -2.05. The van der Waals surface area contributed by atoms with Gasteiger partial charge in [-0.2, -0.15) is 0 Å². The molecule has 0 aromatic rings. The van der Waals surface area contributed by atoms with Crippen LogP contribution in [0.25, 0.3) is 0 Å². The van der Waals surface area contributed by atoms with Crippen molar-refractivity contribution in [3.8, 4) is 0 Å². The molecule has 3 N–H and O–H groups in total. The van der Waals surface area contributed by atoms with Crippen molar-refractivity contribution < 1.29 is 24.2 Å². The molecule has 0 atom stereocenters. The van der Waals surface area contributed by atoms with Gasteiger partial charge in [0.1, 0.15) is 6.61 Å². The van der Waals surface area contributed by atoms with Crippen molar-refractivity contribution in [3.63, 3.8) is 0 Å². The van der Waals surface area contributed by atoms with Gasteiger partial charge in [-0.15, -0.1) is 0 Å². The minimum Gasteiger partial charge on any atom is -0.481 e. The maximum Gasteiger partial charge on any atom is 0.303 e. The van der Waals surface area contributed by atoms with Gasteiger partial charge in [-0.25, -0.2) is 0 Å². The SMILES string of the molecule is COCC(=O)NCCNC(=O)CCC(=O)O. The zero-order valence-electron chi connectivity index (χ0n) is 9.12. The Labute approximate surface area is 93.2 Å². The monoisotopic (exact) mass is 232 g/mol. The summed E-state index contributed by atoms with van der Waals surface area (Å²) in [6.07, 6.45) is -0.247. The van der Waals surface area contributed by atoms with Crippen molar-refractivity contribution in [3.05, 3.63) is 0 Å². The molecule has 0 bridgehead atoms. The van der Waals surface area contributed by atoms with Crippen molar-refractivity contribution in [1.29, 1.82) is 0 Å². The topological polar surface area (TPSA) is 105 Å². The Morgan fingerprint density at radius 1 is 1.06 bits per heavy atom. The number of ether oxygens (including phenoxy) is 1. The molecule has 0 aromatic heterocycles. The van der Waals surface area contributed by atoms with Crippen LogP contribution < -0.4 is 10.6 Å². The summed E-state index contributed by atoms with van der Waals surface area (Å²) in [5.41, 5.74) is 0. The highest BCUT2D eigenvalue weighted by molar-refractivity contribution is 5.80. The van der Waals surface area contributed by atoms with Crippen LogP contribution in [0, 0.1) is 0 Å². The van der Waals surface area contributed by atoms with Crippen molar-refractivity contribution in [2.75, 3.05) is 26.8 Å². The minimum atomic E-state index is -1.01. The smallest absolute Gasteiger partial charge is 0.303 e. The number of carboxylic acid groups (broad SMARTS) is 1. The Balaban J connectivity index is 3.40. The summed E-state index contributed by atoms with van der Waals surface area (Å²) >= 11 is 0. The van der Waals surface area contributed by atoms with E-state index in [2.05, 4.69) is 15.4 Å². The first-order valence-electron chi connectivity index (χ1n) is 4.80. The molecule has 0 fully saturated rings. The Morgan fingerprint density at radius 2 is 1.62 bits per heavy atom. The summed E-state index contributed by atoms with van der Waals surface area (Å²) in [6.45, 7) is 0.544. The lowest BCUT2D eigenvalue weighted by Crippen LogP contribution is -2.36. The van der Waals surface area contributed by atoms with Gasteiger partial charge in [0, 0.05) is 26.6 Å². The van der Waals surface area contributed by atoms with Crippen LogP contribution >= 0.6 is 0 Å². The molecule has 2 amide bonds. The maximum atomic E-state index is 11.0. The third-order valence-electron chi connectivity index (χ3n) is 1.61. The van der Waals surface area contributed by atoms with Crippen LogP contribution in [0.5, 0.6) is 0 Å². The Hall–Kier alpha value is -1.63. The average Bonchev–Trinajstić information content (AvgIpc) is 2.22. The van der Waals surface area contributed by atoms with Gasteiger partial charge in [-0.1, -0.05) is 0 Å². The van der Waals surface area contributed by atoms with Crippen LogP contribution in [-0.4, -0.2) is 49.7 Å². The number of rotatable bonds is 8. The fraction of sp³-hybridized carbons (Fsp3) is 0.667. The van der Waals surface area contributed by atoms with Crippen LogP contribution in [0.3, 0.4) is 0 Å². The number of nitrogens with one attached hydrogen (secondary N) is 2. The molecule has 0 saturated heterocycles. The summed E-state index contributed by atoms with van der Waals surface area (Å²) < 4.78 is 4.58. The molecular formula is C9H16N2O5. The van der Waals surface area contributed by atoms with E-state index in [0.717, 1.165) is 0 Å². The van der Waals surface area contributed by atoms with Crippen molar-refractivity contribution in [2.45, 2.75) is 12.8 Å². The predicted octanol–water partition coefficient (Wildman–Crippen LogP) is -1.27. The number of carboxylic acids is 1. The zero-order chi connectivity index (χ0) is 12.4. The lowest BCUT2D eigenvalue weighted by molar-refractivity contribution is -0.138. The van der Waals surface area contributed by atoms with Gasteiger partial charge < -0.3 is 20.5 Å². The molecular weight excluding hydrogens is 216 g/mol. The molecule has 0 rings (SSSR count). The number of amides is 2. The molecule has 0 spiro atoms. The van der Waals surface area contributed by atoms with Crippen LogP contribution in [0.2, 0.25) is 0 Å². The zero-order valence-corrected chi connectivity index (χ0v) is 9.12. The van der Waals surface area contributed by atoms with E-state index in [1.165, 1.54) is 7.11 Å². The third-order valence-corrected chi connectivity index (χ3v) is 1.61. The molecule has 0 saturated carbocycles. The standard InChI is InChI=1S/C9H16N2O5/c1-16-6-8(13)11-5-4-10-7(12)2-3-9(14)15/h2-6H2,1H3,(H,10,12)(H,11,13)(H,14,15). The van der Waals surface area contributed by atoms with E-state index in [-0.39, 0.29) is 37.8 Å². The van der Waals surface area contributed by atoms with E-state index in [1.54, 1.807) is 0 Å². The van der Waals surface area contributed by atoms with Gasteiger partial charge in [0.05, 0.1) is 6.42 Å². The minimum absolute atomic E-state index is 0.0209. The van der Waals surface area contributed by atoms with Gasteiger partial charge in [0.15, 0.2) is 0 Å². The highest BCUT2D eigenvalue weighted by Gasteiger charge is 2.04. The van der Waals surface area contributed by atoms with Gasteiger partial charge in [-0.05, 0) is 0 Å². The number of methoxy groups -OCH3 is 1. The normalized spacial score (nSPS) is 9.56. The van der Waals surface area contributed by atoms with Crippen molar-refractivity contribution in [1.82, 2.24) is 10.6 Å². The van der Waals surface area contributed by atoms with Crippen molar-refractivity contribution >= 4 is 17.8 Å². The summed E-state index contributed by atoms with van der Waals surface area (Å²) in [5.74, 6) is -1.62. The third kappa shape index (κ3) is 8.95. The first-order chi connectivity index (χ1) is 7.56. The molecule has 0 heterocycles. The second-order valence-corrected chi connectivity index (χ2v) is 3.03. The second-order valence-electron chi connectivity index (χ2n) is 3.03. The van der Waals surface area contributed by atoms with Gasteiger partial charge >= 0.3 is 5.97 Å². The Bertz CT molecular complexity index is 254. The van der Waals surface area contributed by atoms with Crippen LogP contribution in [0.15, 0.2) is 0 Å². The first-order valence-corrected chi connectivity index (χ1v) is 4.80. The summed E-state index contributed by atoms with van der Waals surface area (Å²) in [7, 11) is 1.41. The van der Waals surface area contributed by atoms with Gasteiger partial charge in [-0.3, -0.25) is 14.4 Å². The van der Waals surface area contributed by atoms with E-state index in [1.807, 2.05) is 0 Å². The van der Waals surface area contributed by atoms with Crippen LogP contribution in [0.1, 0.15) is 12.8 Å². The number of carbonyl (C=O) groups is 3. The predicted molar refractivity (Wildman–Crippen MR) is 54.8 cm³/mol. The van der Waals surface area contributed by atoms with E-state index in [9.17, 15) is 14.4 Å². The van der Waals surface area contributed by atoms with E-state index in [0.29, 0.717) is 6.54 Å². The summed E-state index contributed by atoms with van der Waals surface area (Å²) in [5, 5.41) is 13.3.